The van der Waals surface area contributed by atoms with E-state index in [0.29, 0.717) is 13.0 Å². The van der Waals surface area contributed by atoms with E-state index in [1.54, 1.807) is 18.9 Å². The monoisotopic (exact) mass is 293 g/mol. The molecule has 0 N–H and O–H groups in total. The minimum absolute atomic E-state index is 0.190. The molecule has 21 heavy (non-hydrogen) atoms. The van der Waals surface area contributed by atoms with Crippen molar-refractivity contribution in [3.05, 3.63) is 35.9 Å². The third-order valence-electron chi connectivity index (χ3n) is 4.48. The number of hydrogen-bond donors (Lipinski definition) is 0. The summed E-state index contributed by atoms with van der Waals surface area (Å²) in [7, 11) is 0. The molecule has 3 rings (SSSR count). The zero-order valence-electron chi connectivity index (χ0n) is 12.3. The van der Waals surface area contributed by atoms with Gasteiger partial charge >= 0.3 is 5.97 Å². The number of benzene rings is 1. The molecule has 114 valence electrons. The van der Waals surface area contributed by atoms with Gasteiger partial charge in [0.1, 0.15) is 12.5 Å². The molecule has 2 saturated heterocycles. The predicted molar refractivity (Wildman–Crippen MR) is 74.9 cm³/mol. The van der Waals surface area contributed by atoms with Gasteiger partial charge in [0.15, 0.2) is 5.67 Å². The van der Waals surface area contributed by atoms with Crippen LogP contribution < -0.4 is 0 Å². The minimum atomic E-state index is -1.56. The van der Waals surface area contributed by atoms with Crippen LogP contribution in [0.1, 0.15) is 25.8 Å². The molecular formula is C16H20FNO3. The number of cyclic esters (lactones) is 1. The predicted octanol–water partition coefficient (Wildman–Crippen LogP) is 2.48. The van der Waals surface area contributed by atoms with Gasteiger partial charge in [0, 0.05) is 6.54 Å². The van der Waals surface area contributed by atoms with Crippen LogP contribution in [0.2, 0.25) is 0 Å². The number of hydrogen-bond acceptors (Lipinski definition) is 4. The first-order chi connectivity index (χ1) is 10.0. The molecular weight excluding hydrogens is 273 g/mol. The van der Waals surface area contributed by atoms with Crippen molar-refractivity contribution < 1.29 is 18.8 Å². The number of carbonyl (C=O) groups is 1. The minimum Gasteiger partial charge on any atom is -0.462 e. The summed E-state index contributed by atoms with van der Waals surface area (Å²) in [5, 5.41) is 1.63. The zero-order chi connectivity index (χ0) is 15.0. The van der Waals surface area contributed by atoms with Gasteiger partial charge in [-0.15, -0.1) is 0 Å². The second-order valence-electron chi connectivity index (χ2n) is 5.84. The van der Waals surface area contributed by atoms with Gasteiger partial charge in [0.05, 0.1) is 12.1 Å². The third-order valence-corrected chi connectivity index (χ3v) is 4.48. The number of rotatable bonds is 3. The van der Waals surface area contributed by atoms with Crippen molar-refractivity contribution in [2.45, 2.75) is 44.6 Å². The van der Waals surface area contributed by atoms with Crippen LogP contribution >= 0.6 is 0 Å². The lowest BCUT2D eigenvalue weighted by molar-refractivity contribution is -0.198. The summed E-state index contributed by atoms with van der Waals surface area (Å²) in [6.07, 6.45) is -0.0730. The number of hydroxylamine groups is 2. The van der Waals surface area contributed by atoms with Crippen LogP contribution in [0.5, 0.6) is 0 Å². The van der Waals surface area contributed by atoms with Crippen molar-refractivity contribution in [2.75, 3.05) is 6.61 Å². The highest BCUT2D eigenvalue weighted by atomic mass is 19.1. The largest absolute Gasteiger partial charge is 0.462 e. The van der Waals surface area contributed by atoms with Crippen molar-refractivity contribution in [1.82, 2.24) is 5.06 Å². The number of ether oxygens (including phenoxy) is 1. The normalized spacial score (nSPS) is 36.3. The highest BCUT2D eigenvalue weighted by Gasteiger charge is 2.59. The topological polar surface area (TPSA) is 38.8 Å². The summed E-state index contributed by atoms with van der Waals surface area (Å²) < 4.78 is 20.2. The van der Waals surface area contributed by atoms with Gasteiger partial charge in [-0.1, -0.05) is 37.3 Å². The first-order valence-corrected chi connectivity index (χ1v) is 7.38. The second kappa shape index (κ2) is 5.39. The molecule has 0 unspecified atom stereocenters. The highest BCUT2D eigenvalue weighted by Crippen LogP contribution is 2.42. The maximum atomic E-state index is 15.2. The van der Waals surface area contributed by atoms with Crippen LogP contribution in [0, 0.1) is 5.92 Å². The molecule has 2 aliphatic heterocycles. The molecule has 2 heterocycles. The Hall–Kier alpha value is -1.46. The number of fused-ring (bicyclic) bond motifs is 1. The molecule has 4 atom stereocenters. The van der Waals surface area contributed by atoms with Gasteiger partial charge in [-0.3, -0.25) is 9.63 Å². The number of halogens is 1. The molecule has 0 saturated carbocycles. The average Bonchev–Trinajstić information content (AvgIpc) is 2.82. The average molecular weight is 293 g/mol. The Bertz CT molecular complexity index is 524. The molecule has 5 heteroatoms. The zero-order valence-corrected chi connectivity index (χ0v) is 12.3. The van der Waals surface area contributed by atoms with Gasteiger partial charge in [-0.2, -0.15) is 5.06 Å². The van der Waals surface area contributed by atoms with Gasteiger partial charge in [-0.25, -0.2) is 4.39 Å². The van der Waals surface area contributed by atoms with Crippen LogP contribution in [0.4, 0.5) is 4.39 Å². The van der Waals surface area contributed by atoms with Crippen LogP contribution in [0.15, 0.2) is 30.3 Å². The summed E-state index contributed by atoms with van der Waals surface area (Å²) in [6.45, 7) is 3.85. The molecule has 1 aromatic carbocycles. The molecule has 2 fully saturated rings. The Morgan fingerprint density at radius 2 is 2.10 bits per heavy atom. The van der Waals surface area contributed by atoms with E-state index in [0.717, 1.165) is 5.56 Å². The number of alkyl halides is 1. The maximum Gasteiger partial charge on any atom is 0.313 e. The first kappa shape index (κ1) is 14.5. The lowest BCUT2D eigenvalue weighted by Gasteiger charge is -2.40. The standard InChI is InChI=1S/C16H20FNO3/c1-3-16(17)10-20-15(19)13-11(2)21-18(14(13)16)9-12-7-5-4-6-8-12/h4-8,11,13-14H,3,9-10H2,1-2H3/t11-,13-,14+,16+/m0/s1. The Labute approximate surface area is 123 Å². The van der Waals surface area contributed by atoms with Crippen LogP contribution in [0.3, 0.4) is 0 Å². The van der Waals surface area contributed by atoms with E-state index in [4.69, 9.17) is 9.57 Å². The van der Waals surface area contributed by atoms with Crippen molar-refractivity contribution in [3.8, 4) is 0 Å². The molecule has 0 aliphatic carbocycles. The fourth-order valence-corrected chi connectivity index (χ4v) is 3.26. The molecule has 0 bridgehead atoms. The summed E-state index contributed by atoms with van der Waals surface area (Å²) in [5.74, 6) is -0.919. The van der Waals surface area contributed by atoms with E-state index < -0.39 is 17.6 Å². The van der Waals surface area contributed by atoms with E-state index in [9.17, 15) is 4.79 Å². The lowest BCUT2D eigenvalue weighted by atomic mass is 9.80. The molecule has 0 amide bonds. The van der Waals surface area contributed by atoms with Crippen LogP contribution in [0.25, 0.3) is 0 Å². The molecule has 0 spiro atoms. The third kappa shape index (κ3) is 2.45. The summed E-state index contributed by atoms with van der Waals surface area (Å²) in [5.41, 5.74) is -0.527. The smallest absolute Gasteiger partial charge is 0.313 e. The Balaban J connectivity index is 1.89. The Morgan fingerprint density at radius 3 is 2.76 bits per heavy atom. The number of nitrogens with zero attached hydrogens (tertiary/aromatic N) is 1. The first-order valence-electron chi connectivity index (χ1n) is 7.38. The SMILES string of the molecule is CC[C@@]1(F)COC(=O)[C@H]2[C@H](C)ON(Cc3ccccc3)[C@H]21. The van der Waals surface area contributed by atoms with Crippen molar-refractivity contribution >= 4 is 5.97 Å². The lowest BCUT2D eigenvalue weighted by Crippen LogP contribution is -2.58. The summed E-state index contributed by atoms with van der Waals surface area (Å²) in [6, 6.07) is 9.15. The Kier molecular flexibility index (Phi) is 3.71. The van der Waals surface area contributed by atoms with Crippen molar-refractivity contribution in [2.24, 2.45) is 5.92 Å². The van der Waals surface area contributed by atoms with E-state index in [1.807, 2.05) is 30.3 Å². The molecule has 4 nitrogen and oxygen atoms in total. The summed E-state index contributed by atoms with van der Waals surface area (Å²) in [4.78, 5) is 17.8. The summed E-state index contributed by atoms with van der Waals surface area (Å²) >= 11 is 0. The van der Waals surface area contributed by atoms with E-state index in [1.165, 1.54) is 0 Å². The fraction of sp³-hybridized carbons (Fsp3) is 0.562. The molecule has 2 aliphatic rings. The van der Waals surface area contributed by atoms with Gasteiger partial charge in [0.2, 0.25) is 0 Å². The Morgan fingerprint density at radius 1 is 1.38 bits per heavy atom. The number of esters is 1. The number of carbonyl (C=O) groups excluding carboxylic acids is 1. The van der Waals surface area contributed by atoms with E-state index >= 15 is 4.39 Å². The van der Waals surface area contributed by atoms with Crippen LogP contribution in [-0.2, 0) is 20.9 Å². The maximum absolute atomic E-state index is 15.2. The molecule has 0 aromatic heterocycles. The fourth-order valence-electron chi connectivity index (χ4n) is 3.26. The van der Waals surface area contributed by atoms with E-state index in [-0.39, 0.29) is 18.7 Å². The molecule has 0 radical (unpaired) electrons. The second-order valence-corrected chi connectivity index (χ2v) is 5.84. The van der Waals surface area contributed by atoms with Gasteiger partial charge < -0.3 is 4.74 Å². The molecule has 1 aromatic rings. The van der Waals surface area contributed by atoms with Crippen molar-refractivity contribution in [3.63, 3.8) is 0 Å². The van der Waals surface area contributed by atoms with Crippen molar-refractivity contribution in [1.29, 1.82) is 0 Å². The van der Waals surface area contributed by atoms with E-state index in [2.05, 4.69) is 0 Å². The van der Waals surface area contributed by atoms with Gasteiger partial charge in [-0.05, 0) is 18.9 Å². The quantitative estimate of drug-likeness (QED) is 0.803. The van der Waals surface area contributed by atoms with Crippen LogP contribution in [-0.4, -0.2) is 35.5 Å². The highest BCUT2D eigenvalue weighted by molar-refractivity contribution is 5.75. The van der Waals surface area contributed by atoms with Gasteiger partial charge in [0.25, 0.3) is 0 Å².